The van der Waals surface area contributed by atoms with E-state index in [9.17, 15) is 14.7 Å². The third kappa shape index (κ3) is 2.76. The number of carboxylic acid groups (broad SMARTS) is 1. The Balaban J connectivity index is 2.20. The van der Waals surface area contributed by atoms with Crippen molar-refractivity contribution in [3.8, 4) is 0 Å². The van der Waals surface area contributed by atoms with Gasteiger partial charge in [0.1, 0.15) is 11.8 Å². The van der Waals surface area contributed by atoms with Crippen LogP contribution < -0.4 is 0 Å². The Kier molecular flexibility index (Phi) is 3.77. The molecule has 1 aromatic carbocycles. The van der Waals surface area contributed by atoms with Crippen LogP contribution in [0.4, 0.5) is 0 Å². The largest absolute Gasteiger partial charge is 0.480 e. The molecule has 1 aliphatic heterocycles. The lowest BCUT2D eigenvalue weighted by Crippen LogP contribution is -2.40. The molecule has 1 aromatic rings. The first-order valence-electron chi connectivity index (χ1n) is 6.13. The Hall–Kier alpha value is -1.68. The van der Waals surface area contributed by atoms with Gasteiger partial charge in [-0.25, -0.2) is 0 Å². The number of carboxylic acids is 1. The molecule has 0 spiro atoms. The summed E-state index contributed by atoms with van der Waals surface area (Å²) in [7, 11) is 0. The highest BCUT2D eigenvalue weighted by molar-refractivity contribution is 5.80. The average molecular weight is 247 g/mol. The molecule has 1 heterocycles. The van der Waals surface area contributed by atoms with Crippen LogP contribution in [0.15, 0.2) is 24.3 Å². The van der Waals surface area contributed by atoms with Gasteiger partial charge in [-0.1, -0.05) is 29.8 Å². The number of likely N-dealkylation sites (tertiary alicyclic amines) is 1. The second kappa shape index (κ2) is 5.31. The predicted octanol–water partition coefficient (Wildman–Crippen LogP) is 1.79. The molecule has 1 saturated heterocycles. The number of ketones is 1. The molecule has 96 valence electrons. The van der Waals surface area contributed by atoms with Gasteiger partial charge in [-0.2, -0.15) is 0 Å². The first-order chi connectivity index (χ1) is 8.58. The molecule has 1 N–H and O–H groups in total. The van der Waals surface area contributed by atoms with Gasteiger partial charge in [0.15, 0.2) is 0 Å². The number of carbonyl (C=O) groups is 2. The zero-order valence-corrected chi connectivity index (χ0v) is 10.4. The van der Waals surface area contributed by atoms with Crippen LogP contribution in [0.5, 0.6) is 0 Å². The van der Waals surface area contributed by atoms with Crippen LogP contribution in [0.2, 0.25) is 0 Å². The van der Waals surface area contributed by atoms with Crippen molar-refractivity contribution in [2.45, 2.75) is 25.8 Å². The van der Waals surface area contributed by atoms with E-state index >= 15 is 0 Å². The molecule has 0 aromatic heterocycles. The Labute approximate surface area is 106 Å². The van der Waals surface area contributed by atoms with Crippen molar-refractivity contribution in [3.05, 3.63) is 35.4 Å². The summed E-state index contributed by atoms with van der Waals surface area (Å²) in [5, 5.41) is 9.39. The molecular weight excluding hydrogens is 230 g/mol. The van der Waals surface area contributed by atoms with Gasteiger partial charge in [0.2, 0.25) is 0 Å². The molecule has 1 atom stereocenters. The number of hydrogen-bond acceptors (Lipinski definition) is 3. The zero-order chi connectivity index (χ0) is 13.1. The smallest absolute Gasteiger partial charge is 0.325 e. The highest BCUT2D eigenvalue weighted by Gasteiger charge is 2.30. The van der Waals surface area contributed by atoms with E-state index in [2.05, 4.69) is 0 Å². The van der Waals surface area contributed by atoms with E-state index in [-0.39, 0.29) is 5.78 Å². The molecule has 1 unspecified atom stereocenters. The van der Waals surface area contributed by atoms with Crippen LogP contribution in [0, 0.1) is 6.92 Å². The van der Waals surface area contributed by atoms with Crippen molar-refractivity contribution in [1.29, 1.82) is 0 Å². The molecule has 0 saturated carbocycles. The molecule has 4 nitrogen and oxygen atoms in total. The van der Waals surface area contributed by atoms with Gasteiger partial charge in [-0.3, -0.25) is 14.5 Å². The van der Waals surface area contributed by atoms with E-state index < -0.39 is 12.0 Å². The fourth-order valence-corrected chi connectivity index (χ4v) is 2.29. The third-order valence-corrected chi connectivity index (χ3v) is 3.35. The van der Waals surface area contributed by atoms with Crippen LogP contribution >= 0.6 is 0 Å². The maximum absolute atomic E-state index is 11.4. The van der Waals surface area contributed by atoms with Crippen LogP contribution in [0.1, 0.15) is 30.0 Å². The SMILES string of the molecule is Cc1ccc(C(C(=O)O)N2CCC(=O)CC2)cc1. The normalized spacial score (nSPS) is 18.6. The van der Waals surface area contributed by atoms with Crippen LogP contribution in [0.3, 0.4) is 0 Å². The van der Waals surface area contributed by atoms with Gasteiger partial charge in [0.25, 0.3) is 0 Å². The van der Waals surface area contributed by atoms with Gasteiger partial charge < -0.3 is 5.11 Å². The third-order valence-electron chi connectivity index (χ3n) is 3.35. The monoisotopic (exact) mass is 247 g/mol. The number of rotatable bonds is 3. The molecule has 0 amide bonds. The van der Waals surface area contributed by atoms with Gasteiger partial charge in [0.05, 0.1) is 0 Å². The minimum atomic E-state index is -0.854. The fraction of sp³-hybridized carbons (Fsp3) is 0.429. The maximum atomic E-state index is 11.4. The lowest BCUT2D eigenvalue weighted by atomic mass is 10.0. The van der Waals surface area contributed by atoms with E-state index in [1.165, 1.54) is 0 Å². The van der Waals surface area contributed by atoms with Gasteiger partial charge in [-0.05, 0) is 12.5 Å². The van der Waals surface area contributed by atoms with Crippen LogP contribution in [-0.4, -0.2) is 34.8 Å². The van der Waals surface area contributed by atoms with E-state index in [1.54, 1.807) is 0 Å². The van der Waals surface area contributed by atoms with Gasteiger partial charge in [-0.15, -0.1) is 0 Å². The van der Waals surface area contributed by atoms with E-state index in [0.717, 1.165) is 11.1 Å². The van der Waals surface area contributed by atoms with Gasteiger partial charge >= 0.3 is 5.97 Å². The topological polar surface area (TPSA) is 57.6 Å². The Bertz CT molecular complexity index is 443. The van der Waals surface area contributed by atoms with Gasteiger partial charge in [0, 0.05) is 25.9 Å². The zero-order valence-electron chi connectivity index (χ0n) is 10.4. The summed E-state index contributed by atoms with van der Waals surface area (Å²) in [5.41, 5.74) is 1.89. The number of hydrogen-bond donors (Lipinski definition) is 1. The Morgan fingerprint density at radius 2 is 1.78 bits per heavy atom. The number of aliphatic carboxylic acids is 1. The summed E-state index contributed by atoms with van der Waals surface area (Å²) in [5.74, 6) is -0.632. The van der Waals surface area contributed by atoms with Crippen molar-refractivity contribution >= 4 is 11.8 Å². The second-order valence-corrected chi connectivity index (χ2v) is 4.73. The number of Topliss-reactive ketones (excluding diaryl/α,β-unsaturated/α-hetero) is 1. The highest BCUT2D eigenvalue weighted by Crippen LogP contribution is 2.24. The lowest BCUT2D eigenvalue weighted by Gasteiger charge is -2.31. The number of nitrogens with zero attached hydrogens (tertiary/aromatic N) is 1. The number of piperidine rings is 1. The molecular formula is C14H17NO3. The minimum Gasteiger partial charge on any atom is -0.480 e. The second-order valence-electron chi connectivity index (χ2n) is 4.73. The van der Waals surface area contributed by atoms with Crippen molar-refractivity contribution in [3.63, 3.8) is 0 Å². The van der Waals surface area contributed by atoms with Crippen molar-refractivity contribution in [1.82, 2.24) is 4.90 Å². The molecule has 0 aliphatic carbocycles. The summed E-state index contributed by atoms with van der Waals surface area (Å²) in [4.78, 5) is 24.5. The molecule has 0 radical (unpaired) electrons. The lowest BCUT2D eigenvalue weighted by molar-refractivity contribution is -0.145. The van der Waals surface area contributed by atoms with Crippen LogP contribution in [0.25, 0.3) is 0 Å². The number of benzene rings is 1. The summed E-state index contributed by atoms with van der Waals surface area (Å²) in [6.45, 7) is 3.03. The molecule has 1 aliphatic rings. The quantitative estimate of drug-likeness (QED) is 0.884. The van der Waals surface area contributed by atoms with E-state index in [4.69, 9.17) is 0 Å². The van der Waals surface area contributed by atoms with E-state index in [0.29, 0.717) is 25.9 Å². The standard InChI is InChI=1S/C14H17NO3/c1-10-2-4-11(5-3-10)13(14(17)18)15-8-6-12(16)7-9-15/h2-5,13H,6-9H2,1H3,(H,17,18). The van der Waals surface area contributed by atoms with Crippen molar-refractivity contribution in [2.75, 3.05) is 13.1 Å². The van der Waals surface area contributed by atoms with Crippen molar-refractivity contribution < 1.29 is 14.7 Å². The molecule has 0 bridgehead atoms. The number of aryl methyl sites for hydroxylation is 1. The summed E-state index contributed by atoms with van der Waals surface area (Å²) >= 11 is 0. The number of carbonyl (C=O) groups excluding carboxylic acids is 1. The molecule has 2 rings (SSSR count). The average Bonchev–Trinajstić information content (AvgIpc) is 2.34. The predicted molar refractivity (Wildman–Crippen MR) is 67.4 cm³/mol. The first-order valence-corrected chi connectivity index (χ1v) is 6.13. The van der Waals surface area contributed by atoms with Crippen molar-refractivity contribution in [2.24, 2.45) is 0 Å². The molecule has 4 heteroatoms. The summed E-state index contributed by atoms with van der Waals surface area (Å²) in [6.07, 6.45) is 0.908. The maximum Gasteiger partial charge on any atom is 0.325 e. The molecule has 1 fully saturated rings. The first kappa shape index (κ1) is 12.8. The van der Waals surface area contributed by atoms with E-state index in [1.807, 2.05) is 36.1 Å². The minimum absolute atomic E-state index is 0.222. The Morgan fingerprint density at radius 1 is 1.22 bits per heavy atom. The Morgan fingerprint density at radius 3 is 2.28 bits per heavy atom. The summed E-state index contributed by atoms with van der Waals surface area (Å²) in [6, 6.07) is 6.90. The fourth-order valence-electron chi connectivity index (χ4n) is 2.29. The molecule has 18 heavy (non-hydrogen) atoms. The highest BCUT2D eigenvalue weighted by atomic mass is 16.4. The summed E-state index contributed by atoms with van der Waals surface area (Å²) < 4.78 is 0. The van der Waals surface area contributed by atoms with Crippen LogP contribution in [-0.2, 0) is 9.59 Å².